The molecule has 0 aliphatic heterocycles. The van der Waals surface area contributed by atoms with Gasteiger partial charge < -0.3 is 5.21 Å². The fraction of sp³-hybridized carbons (Fsp3) is 0.375. The van der Waals surface area contributed by atoms with Gasteiger partial charge in [0.2, 0.25) is 0 Å². The fourth-order valence-corrected chi connectivity index (χ4v) is 1.13. The van der Waals surface area contributed by atoms with E-state index >= 15 is 0 Å². The van der Waals surface area contributed by atoms with E-state index in [-0.39, 0.29) is 0 Å². The van der Waals surface area contributed by atoms with Crippen molar-refractivity contribution in [2.75, 3.05) is 0 Å². The molecule has 2 nitrogen and oxygen atoms in total. The van der Waals surface area contributed by atoms with Crippen LogP contribution in [0.2, 0.25) is 5.02 Å². The van der Waals surface area contributed by atoms with Crippen molar-refractivity contribution >= 4 is 11.6 Å². The predicted octanol–water partition coefficient (Wildman–Crippen LogP) is 1.90. The van der Waals surface area contributed by atoms with Crippen LogP contribution >= 0.6 is 11.6 Å². The molecule has 1 rings (SSSR count). The average molecular weight is 172 g/mol. The predicted molar refractivity (Wildman–Crippen MR) is 44.6 cm³/mol. The van der Waals surface area contributed by atoms with E-state index in [0.717, 1.165) is 15.9 Å². The molecule has 1 heterocycles. The van der Waals surface area contributed by atoms with Crippen molar-refractivity contribution < 1.29 is 4.73 Å². The molecule has 0 aliphatic carbocycles. The van der Waals surface area contributed by atoms with Crippen molar-refractivity contribution in [2.24, 2.45) is 0 Å². The first-order valence-electron chi connectivity index (χ1n) is 3.39. The van der Waals surface area contributed by atoms with E-state index in [9.17, 15) is 5.21 Å². The molecule has 0 aliphatic rings. The summed E-state index contributed by atoms with van der Waals surface area (Å²) in [6.45, 7) is 5.43. The second kappa shape index (κ2) is 2.70. The quantitative estimate of drug-likeness (QED) is 0.433. The number of hydrogen-bond acceptors (Lipinski definition) is 1. The van der Waals surface area contributed by atoms with Gasteiger partial charge in [0.05, 0.1) is 5.02 Å². The van der Waals surface area contributed by atoms with Crippen LogP contribution in [-0.2, 0) is 0 Å². The lowest BCUT2D eigenvalue weighted by atomic mass is 10.2. The second-order valence-corrected chi connectivity index (χ2v) is 3.04. The standard InChI is InChI=1S/C8H10ClNO/c1-5-4-10(11)7(3)6(2)8(5)9/h4H,1-3H3. The molecule has 0 radical (unpaired) electrons. The Morgan fingerprint density at radius 3 is 2.45 bits per heavy atom. The van der Waals surface area contributed by atoms with Crippen LogP contribution in [0.3, 0.4) is 0 Å². The van der Waals surface area contributed by atoms with E-state index in [0.29, 0.717) is 10.7 Å². The molecule has 0 saturated carbocycles. The summed E-state index contributed by atoms with van der Waals surface area (Å²) in [4.78, 5) is 0. The van der Waals surface area contributed by atoms with Crippen LogP contribution in [0, 0.1) is 26.0 Å². The molecule has 0 saturated heterocycles. The Hall–Kier alpha value is -0.760. The number of aryl methyl sites for hydroxylation is 1. The Balaban J connectivity index is 3.46. The molecule has 11 heavy (non-hydrogen) atoms. The van der Waals surface area contributed by atoms with Crippen molar-refractivity contribution in [1.82, 2.24) is 0 Å². The molecule has 0 aromatic carbocycles. The molecule has 0 spiro atoms. The molecule has 0 N–H and O–H groups in total. The van der Waals surface area contributed by atoms with E-state index in [4.69, 9.17) is 11.6 Å². The number of rotatable bonds is 0. The van der Waals surface area contributed by atoms with Crippen molar-refractivity contribution in [3.05, 3.63) is 33.2 Å². The van der Waals surface area contributed by atoms with Gasteiger partial charge in [-0.25, -0.2) is 0 Å². The van der Waals surface area contributed by atoms with Crippen LogP contribution in [0.15, 0.2) is 6.20 Å². The first kappa shape index (κ1) is 8.34. The van der Waals surface area contributed by atoms with Gasteiger partial charge in [-0.15, -0.1) is 0 Å². The summed E-state index contributed by atoms with van der Waals surface area (Å²) < 4.78 is 0.844. The Morgan fingerprint density at radius 2 is 1.91 bits per heavy atom. The fourth-order valence-electron chi connectivity index (χ4n) is 0.949. The smallest absolute Gasteiger partial charge is 0.194 e. The Kier molecular flexibility index (Phi) is 2.05. The van der Waals surface area contributed by atoms with Gasteiger partial charge in [-0.05, 0) is 13.8 Å². The summed E-state index contributed by atoms with van der Waals surface area (Å²) in [5.74, 6) is 0. The number of nitrogens with zero attached hydrogens (tertiary/aromatic N) is 1. The summed E-state index contributed by atoms with van der Waals surface area (Å²) in [6, 6.07) is 0. The van der Waals surface area contributed by atoms with Crippen LogP contribution in [0.5, 0.6) is 0 Å². The van der Waals surface area contributed by atoms with Gasteiger partial charge >= 0.3 is 0 Å². The molecule has 1 aromatic rings. The van der Waals surface area contributed by atoms with Crippen LogP contribution in [0.1, 0.15) is 16.8 Å². The Labute approximate surface area is 71.0 Å². The molecule has 1 aromatic heterocycles. The average Bonchev–Trinajstić information content (AvgIpc) is 1.97. The number of hydrogen-bond donors (Lipinski definition) is 0. The van der Waals surface area contributed by atoms with Crippen LogP contribution in [0.25, 0.3) is 0 Å². The molecule has 3 heteroatoms. The Bertz CT molecular complexity index is 270. The molecule has 0 unspecified atom stereocenters. The first-order valence-corrected chi connectivity index (χ1v) is 3.77. The second-order valence-electron chi connectivity index (χ2n) is 2.66. The lowest BCUT2D eigenvalue weighted by Crippen LogP contribution is -2.31. The van der Waals surface area contributed by atoms with Crippen LogP contribution in [-0.4, -0.2) is 0 Å². The Morgan fingerprint density at radius 1 is 1.36 bits per heavy atom. The third-order valence-electron chi connectivity index (χ3n) is 1.86. The lowest BCUT2D eigenvalue weighted by Gasteiger charge is -2.06. The number of aromatic nitrogens is 1. The minimum Gasteiger partial charge on any atom is -0.618 e. The molecular weight excluding hydrogens is 162 g/mol. The monoisotopic (exact) mass is 171 g/mol. The first-order chi connectivity index (χ1) is 5.04. The van der Waals surface area contributed by atoms with Crippen molar-refractivity contribution in [3.8, 4) is 0 Å². The number of pyridine rings is 1. The van der Waals surface area contributed by atoms with Gasteiger partial charge in [0, 0.05) is 18.1 Å². The van der Waals surface area contributed by atoms with Crippen molar-refractivity contribution in [3.63, 3.8) is 0 Å². The number of halogens is 1. The molecule has 0 fully saturated rings. The summed E-state index contributed by atoms with van der Waals surface area (Å²) in [5, 5.41) is 11.8. The van der Waals surface area contributed by atoms with Gasteiger partial charge in [0.1, 0.15) is 0 Å². The maximum Gasteiger partial charge on any atom is 0.194 e. The normalized spacial score (nSPS) is 10.2. The molecule has 0 bridgehead atoms. The highest BCUT2D eigenvalue weighted by molar-refractivity contribution is 6.32. The maximum atomic E-state index is 11.1. The zero-order valence-electron chi connectivity index (χ0n) is 6.81. The SMILES string of the molecule is Cc1c[n+]([O-])c(C)c(C)c1Cl. The molecule has 0 amide bonds. The summed E-state index contributed by atoms with van der Waals surface area (Å²) in [5.41, 5.74) is 2.35. The van der Waals surface area contributed by atoms with E-state index in [1.54, 1.807) is 6.92 Å². The van der Waals surface area contributed by atoms with Crippen molar-refractivity contribution in [1.29, 1.82) is 0 Å². The highest BCUT2D eigenvalue weighted by Gasteiger charge is 2.10. The van der Waals surface area contributed by atoms with Gasteiger partial charge in [-0.3, -0.25) is 0 Å². The zero-order valence-corrected chi connectivity index (χ0v) is 7.57. The summed E-state index contributed by atoms with van der Waals surface area (Å²) in [6.07, 6.45) is 1.49. The van der Waals surface area contributed by atoms with E-state index in [1.165, 1.54) is 6.20 Å². The summed E-state index contributed by atoms with van der Waals surface area (Å²) >= 11 is 5.90. The largest absolute Gasteiger partial charge is 0.618 e. The van der Waals surface area contributed by atoms with Gasteiger partial charge in [-0.1, -0.05) is 11.6 Å². The van der Waals surface area contributed by atoms with E-state index < -0.39 is 0 Å². The third-order valence-corrected chi connectivity index (χ3v) is 2.44. The van der Waals surface area contributed by atoms with E-state index in [2.05, 4.69) is 0 Å². The lowest BCUT2D eigenvalue weighted by molar-refractivity contribution is -0.613. The van der Waals surface area contributed by atoms with Gasteiger partial charge in [-0.2, -0.15) is 4.73 Å². The zero-order chi connectivity index (χ0) is 8.59. The maximum absolute atomic E-state index is 11.1. The van der Waals surface area contributed by atoms with Crippen LogP contribution in [0.4, 0.5) is 0 Å². The van der Waals surface area contributed by atoms with Gasteiger partial charge in [0.25, 0.3) is 0 Å². The highest BCUT2D eigenvalue weighted by Crippen LogP contribution is 2.19. The minimum atomic E-state index is 0.667. The van der Waals surface area contributed by atoms with Crippen LogP contribution < -0.4 is 4.73 Å². The summed E-state index contributed by atoms with van der Waals surface area (Å²) in [7, 11) is 0. The molecular formula is C8H10ClNO. The highest BCUT2D eigenvalue weighted by atomic mass is 35.5. The topological polar surface area (TPSA) is 26.9 Å². The minimum absolute atomic E-state index is 0.667. The van der Waals surface area contributed by atoms with Gasteiger partial charge in [0.15, 0.2) is 11.9 Å². The molecule has 0 atom stereocenters. The van der Waals surface area contributed by atoms with Crippen molar-refractivity contribution in [2.45, 2.75) is 20.8 Å². The molecule has 60 valence electrons. The van der Waals surface area contributed by atoms with E-state index in [1.807, 2.05) is 13.8 Å². The third kappa shape index (κ3) is 1.31.